The highest BCUT2D eigenvalue weighted by Crippen LogP contribution is 1.89. The molecule has 1 amide bonds. The first-order chi connectivity index (χ1) is 5.83. The molecule has 0 spiro atoms. The summed E-state index contributed by atoms with van der Waals surface area (Å²) in [5.74, 6) is 0.0308. The fourth-order valence-electron chi connectivity index (χ4n) is 0.634. The van der Waals surface area contributed by atoms with Crippen LogP contribution in [0.4, 0.5) is 5.95 Å². The summed E-state index contributed by atoms with van der Waals surface area (Å²) >= 11 is 0. The summed E-state index contributed by atoms with van der Waals surface area (Å²) in [6.07, 6.45) is 2.90. The fourth-order valence-corrected chi connectivity index (χ4v) is 0.634. The second-order valence-electron chi connectivity index (χ2n) is 2.04. The van der Waals surface area contributed by atoms with Gasteiger partial charge in [-0.25, -0.2) is 4.98 Å². The summed E-state index contributed by atoms with van der Waals surface area (Å²) in [6, 6.07) is 0. The van der Waals surface area contributed by atoms with Crippen molar-refractivity contribution in [3.63, 3.8) is 0 Å². The molecular weight excluding hydrogens is 158 g/mol. The van der Waals surface area contributed by atoms with Gasteiger partial charge < -0.3 is 5.32 Å². The van der Waals surface area contributed by atoms with Crippen LogP contribution in [0, 0.1) is 0 Å². The molecule has 1 heterocycles. The van der Waals surface area contributed by atoms with Crippen molar-refractivity contribution in [3.8, 4) is 0 Å². The molecule has 0 bridgehead atoms. The smallest absolute Gasteiger partial charge is 0.249 e. The minimum atomic E-state index is -0.189. The van der Waals surface area contributed by atoms with Crippen LogP contribution in [0.15, 0.2) is 12.4 Å². The number of nitrogens with one attached hydrogen (secondary N) is 2. The molecule has 0 aliphatic carbocycles. The van der Waals surface area contributed by atoms with Crippen molar-refractivity contribution in [1.82, 2.24) is 20.5 Å². The number of hydrogen-bond acceptors (Lipinski definition) is 5. The van der Waals surface area contributed by atoms with Crippen LogP contribution in [0.25, 0.3) is 0 Å². The van der Waals surface area contributed by atoms with E-state index < -0.39 is 0 Å². The second-order valence-corrected chi connectivity index (χ2v) is 2.04. The van der Waals surface area contributed by atoms with E-state index in [0.29, 0.717) is 0 Å². The number of carbonyl (C=O) groups excluding carboxylic acids is 1. The summed E-state index contributed by atoms with van der Waals surface area (Å²) in [7, 11) is 1.68. The van der Waals surface area contributed by atoms with Crippen molar-refractivity contribution in [2.45, 2.75) is 0 Å². The van der Waals surface area contributed by atoms with E-state index >= 15 is 0 Å². The van der Waals surface area contributed by atoms with Gasteiger partial charge in [-0.15, -0.1) is 5.10 Å². The van der Waals surface area contributed by atoms with Crippen molar-refractivity contribution < 1.29 is 4.79 Å². The molecule has 6 heteroatoms. The Balaban J connectivity index is 2.47. The molecule has 0 atom stereocenters. The van der Waals surface area contributed by atoms with Gasteiger partial charge in [-0.05, 0) is 7.05 Å². The van der Waals surface area contributed by atoms with Crippen LogP contribution in [0.3, 0.4) is 0 Å². The normalized spacial score (nSPS) is 9.42. The number of rotatable bonds is 3. The van der Waals surface area contributed by atoms with Gasteiger partial charge in [0, 0.05) is 0 Å². The monoisotopic (exact) mass is 167 g/mol. The van der Waals surface area contributed by atoms with Crippen molar-refractivity contribution >= 4 is 11.9 Å². The topological polar surface area (TPSA) is 79.8 Å². The number of nitrogens with zero attached hydrogens (tertiary/aromatic N) is 3. The van der Waals surface area contributed by atoms with Gasteiger partial charge in [0.1, 0.15) is 0 Å². The van der Waals surface area contributed by atoms with Crippen LogP contribution in [0.5, 0.6) is 0 Å². The first kappa shape index (κ1) is 8.54. The molecule has 0 fully saturated rings. The minimum absolute atomic E-state index is 0.189. The van der Waals surface area contributed by atoms with E-state index in [1.807, 2.05) is 0 Å². The molecule has 0 saturated carbocycles. The van der Waals surface area contributed by atoms with Gasteiger partial charge >= 0.3 is 0 Å². The maximum Gasteiger partial charge on any atom is 0.249 e. The van der Waals surface area contributed by atoms with Gasteiger partial charge in [0.05, 0.1) is 18.9 Å². The Kier molecular flexibility index (Phi) is 3.09. The Hall–Kier alpha value is -1.56. The molecule has 0 unspecified atom stereocenters. The number of aromatic nitrogens is 3. The molecule has 0 aliphatic heterocycles. The largest absolute Gasteiger partial charge is 0.311 e. The van der Waals surface area contributed by atoms with E-state index in [-0.39, 0.29) is 18.4 Å². The lowest BCUT2D eigenvalue weighted by atomic mass is 10.6. The lowest BCUT2D eigenvalue weighted by molar-refractivity contribution is -0.115. The third-order valence-corrected chi connectivity index (χ3v) is 1.07. The van der Waals surface area contributed by atoms with Crippen LogP contribution >= 0.6 is 0 Å². The van der Waals surface area contributed by atoms with Gasteiger partial charge in [-0.1, -0.05) is 0 Å². The molecule has 0 aliphatic rings. The highest BCUT2D eigenvalue weighted by atomic mass is 16.2. The van der Waals surface area contributed by atoms with Gasteiger partial charge in [0.2, 0.25) is 11.9 Å². The average Bonchev–Trinajstić information content (AvgIpc) is 2.06. The van der Waals surface area contributed by atoms with E-state index in [2.05, 4.69) is 25.8 Å². The van der Waals surface area contributed by atoms with Gasteiger partial charge in [0.25, 0.3) is 0 Å². The lowest BCUT2D eigenvalue weighted by Crippen LogP contribution is -2.26. The molecular formula is C6H9N5O. The Morgan fingerprint density at radius 2 is 2.42 bits per heavy atom. The average molecular weight is 167 g/mol. The zero-order valence-electron chi connectivity index (χ0n) is 6.61. The first-order valence-corrected chi connectivity index (χ1v) is 3.41. The quantitative estimate of drug-likeness (QED) is 0.605. The summed E-state index contributed by atoms with van der Waals surface area (Å²) in [6.45, 7) is 0.234. The maximum atomic E-state index is 10.9. The molecule has 2 N–H and O–H groups in total. The maximum absolute atomic E-state index is 10.9. The summed E-state index contributed by atoms with van der Waals surface area (Å²) in [4.78, 5) is 14.7. The van der Waals surface area contributed by atoms with Gasteiger partial charge in [-0.2, -0.15) is 5.10 Å². The van der Waals surface area contributed by atoms with Gasteiger partial charge in [-0.3, -0.25) is 10.1 Å². The molecule has 0 aromatic carbocycles. The SMILES string of the molecule is CNCC(=O)Nc1nccnn1. The zero-order chi connectivity index (χ0) is 8.81. The molecule has 1 aromatic rings. The molecule has 6 nitrogen and oxygen atoms in total. The summed E-state index contributed by atoms with van der Waals surface area (Å²) < 4.78 is 0. The standard InChI is InChI=1S/C6H9N5O/c1-7-4-5(12)10-6-8-2-3-9-11-6/h2-3,7H,4H2,1H3,(H,8,10,11,12). The van der Waals surface area contributed by atoms with E-state index in [0.717, 1.165) is 0 Å². The van der Waals surface area contributed by atoms with Crippen LogP contribution in [0.1, 0.15) is 0 Å². The first-order valence-electron chi connectivity index (χ1n) is 3.41. The Labute approximate surface area is 69.4 Å². The summed E-state index contributed by atoms with van der Waals surface area (Å²) in [5, 5.41) is 12.3. The van der Waals surface area contributed by atoms with Crippen molar-refractivity contribution in [2.75, 3.05) is 18.9 Å². The molecule has 64 valence electrons. The highest BCUT2D eigenvalue weighted by Gasteiger charge is 2.00. The van der Waals surface area contributed by atoms with E-state index in [1.54, 1.807) is 7.05 Å². The second kappa shape index (κ2) is 4.35. The van der Waals surface area contributed by atoms with Crippen LogP contribution < -0.4 is 10.6 Å². The zero-order valence-corrected chi connectivity index (χ0v) is 6.61. The Bertz CT molecular complexity index is 249. The van der Waals surface area contributed by atoms with Crippen LogP contribution in [-0.2, 0) is 4.79 Å². The van der Waals surface area contributed by atoms with E-state index in [9.17, 15) is 4.79 Å². The minimum Gasteiger partial charge on any atom is -0.311 e. The van der Waals surface area contributed by atoms with E-state index in [4.69, 9.17) is 0 Å². The van der Waals surface area contributed by atoms with Crippen LogP contribution in [0.2, 0.25) is 0 Å². The fraction of sp³-hybridized carbons (Fsp3) is 0.333. The Morgan fingerprint density at radius 1 is 1.58 bits per heavy atom. The number of anilines is 1. The third kappa shape index (κ3) is 2.59. The van der Waals surface area contributed by atoms with Crippen molar-refractivity contribution in [1.29, 1.82) is 0 Å². The van der Waals surface area contributed by atoms with Crippen molar-refractivity contribution in [2.24, 2.45) is 0 Å². The number of hydrogen-bond donors (Lipinski definition) is 2. The molecule has 0 radical (unpaired) electrons. The summed E-state index contributed by atoms with van der Waals surface area (Å²) in [5.41, 5.74) is 0. The third-order valence-electron chi connectivity index (χ3n) is 1.07. The molecule has 0 saturated heterocycles. The van der Waals surface area contributed by atoms with Crippen LogP contribution in [-0.4, -0.2) is 34.7 Å². The number of amides is 1. The number of likely N-dealkylation sites (N-methyl/N-ethyl adjacent to an activating group) is 1. The molecule has 1 rings (SSSR count). The molecule has 1 aromatic heterocycles. The van der Waals surface area contributed by atoms with E-state index in [1.165, 1.54) is 12.4 Å². The molecule has 12 heavy (non-hydrogen) atoms. The predicted molar refractivity (Wildman–Crippen MR) is 42.4 cm³/mol. The Morgan fingerprint density at radius 3 is 3.00 bits per heavy atom. The lowest BCUT2D eigenvalue weighted by Gasteiger charge is -1.99. The number of carbonyl (C=O) groups is 1. The van der Waals surface area contributed by atoms with Gasteiger partial charge in [0.15, 0.2) is 0 Å². The predicted octanol–water partition coefficient (Wildman–Crippen LogP) is -0.971. The van der Waals surface area contributed by atoms with Crippen molar-refractivity contribution in [3.05, 3.63) is 12.4 Å². The highest BCUT2D eigenvalue weighted by molar-refractivity contribution is 5.90.